The number of fused-ring (bicyclic) bond motifs is 1. The molecule has 0 radical (unpaired) electrons. The van der Waals surface area contributed by atoms with Crippen molar-refractivity contribution < 1.29 is 14.4 Å². The topological polar surface area (TPSA) is 82.4 Å². The number of hydrazone groups is 2. The minimum atomic E-state index is -0.723. The lowest BCUT2D eigenvalue weighted by atomic mass is 10.1. The minimum absolute atomic E-state index is 0.283. The van der Waals surface area contributed by atoms with E-state index in [9.17, 15) is 14.4 Å². The first-order valence-electron chi connectivity index (χ1n) is 8.04. The predicted molar refractivity (Wildman–Crippen MR) is 96.0 cm³/mol. The summed E-state index contributed by atoms with van der Waals surface area (Å²) >= 11 is 0. The molecule has 2 aliphatic heterocycles. The van der Waals surface area contributed by atoms with Gasteiger partial charge in [-0.15, -0.1) is 0 Å². The fourth-order valence-corrected chi connectivity index (χ4v) is 2.92. The predicted octanol–water partition coefficient (Wildman–Crippen LogP) is 2.31. The minimum Gasteiger partial charge on any atom is -0.271 e. The molecular formula is C19H14N4O3. The van der Waals surface area contributed by atoms with Gasteiger partial charge in [-0.2, -0.15) is 20.2 Å². The van der Waals surface area contributed by atoms with Crippen LogP contribution in [0.5, 0.6) is 0 Å². The molecule has 0 spiro atoms. The lowest BCUT2D eigenvalue weighted by Gasteiger charge is -2.12. The molecule has 1 atom stereocenters. The van der Waals surface area contributed by atoms with Crippen molar-refractivity contribution in [2.45, 2.75) is 6.92 Å². The van der Waals surface area contributed by atoms with Gasteiger partial charge >= 0.3 is 0 Å². The van der Waals surface area contributed by atoms with Gasteiger partial charge in [0.05, 0.1) is 22.5 Å². The number of anilines is 1. The fraction of sp³-hybridized carbons (Fsp3) is 0.105. The second kappa shape index (κ2) is 6.03. The van der Waals surface area contributed by atoms with E-state index in [1.807, 2.05) is 18.2 Å². The molecule has 0 bridgehead atoms. The number of benzene rings is 2. The van der Waals surface area contributed by atoms with E-state index in [0.29, 0.717) is 22.5 Å². The van der Waals surface area contributed by atoms with E-state index in [0.717, 1.165) is 5.01 Å². The van der Waals surface area contributed by atoms with E-state index in [4.69, 9.17) is 0 Å². The van der Waals surface area contributed by atoms with E-state index in [1.165, 1.54) is 11.2 Å². The molecule has 3 amide bonds. The SMILES string of the molecule is CC1=NN(c2ccccc2)C(=O)[C@@H]1/C=N\N1C(=O)c2ccccc2C1=O. The largest absolute Gasteiger partial charge is 0.282 e. The molecule has 0 aromatic heterocycles. The molecule has 2 aliphatic rings. The smallest absolute Gasteiger partial charge is 0.271 e. The zero-order valence-electron chi connectivity index (χ0n) is 13.9. The van der Waals surface area contributed by atoms with Crippen LogP contribution in [0.4, 0.5) is 5.69 Å². The van der Waals surface area contributed by atoms with Gasteiger partial charge in [0.15, 0.2) is 0 Å². The molecule has 2 aromatic rings. The van der Waals surface area contributed by atoms with Crippen LogP contribution in [-0.4, -0.2) is 34.7 Å². The Labute approximate surface area is 149 Å². The summed E-state index contributed by atoms with van der Waals surface area (Å²) in [5.74, 6) is -2.00. The van der Waals surface area contributed by atoms with Crippen LogP contribution in [0.3, 0.4) is 0 Å². The maximum atomic E-state index is 12.6. The van der Waals surface area contributed by atoms with Gasteiger partial charge in [-0.3, -0.25) is 14.4 Å². The van der Waals surface area contributed by atoms with Crippen molar-refractivity contribution in [1.82, 2.24) is 5.01 Å². The van der Waals surface area contributed by atoms with E-state index < -0.39 is 17.7 Å². The maximum Gasteiger partial charge on any atom is 0.282 e. The molecule has 2 aromatic carbocycles. The summed E-state index contributed by atoms with van der Waals surface area (Å²) in [6, 6.07) is 15.6. The molecule has 0 unspecified atom stereocenters. The standard InChI is InChI=1S/C19H14N4O3/c1-12-16(19(26)22(21-12)13-7-3-2-4-8-13)11-20-23-17(24)14-9-5-6-10-15(14)18(23)25/h2-11,16H,1H3/b20-11-/t16-/m1/s1. The van der Waals surface area contributed by atoms with Gasteiger partial charge in [-0.05, 0) is 31.2 Å². The Bertz CT molecular complexity index is 946. The summed E-state index contributed by atoms with van der Waals surface area (Å²) in [4.78, 5) is 37.3. The highest BCUT2D eigenvalue weighted by Gasteiger charge is 2.37. The fourth-order valence-electron chi connectivity index (χ4n) is 2.92. The zero-order valence-corrected chi connectivity index (χ0v) is 13.9. The third-order valence-electron chi connectivity index (χ3n) is 4.29. The van der Waals surface area contributed by atoms with Crippen LogP contribution in [0.2, 0.25) is 0 Å². The van der Waals surface area contributed by atoms with E-state index >= 15 is 0 Å². The number of nitrogens with zero attached hydrogens (tertiary/aromatic N) is 4. The number of imide groups is 1. The van der Waals surface area contributed by atoms with E-state index in [1.54, 1.807) is 43.3 Å². The lowest BCUT2D eigenvalue weighted by molar-refractivity contribution is -0.118. The van der Waals surface area contributed by atoms with Crippen LogP contribution in [0, 0.1) is 5.92 Å². The number of amides is 3. The molecule has 4 rings (SSSR count). The molecule has 7 nitrogen and oxygen atoms in total. The average Bonchev–Trinajstić information content (AvgIpc) is 3.09. The average molecular weight is 346 g/mol. The molecule has 0 saturated carbocycles. The monoisotopic (exact) mass is 346 g/mol. The highest BCUT2D eigenvalue weighted by Crippen LogP contribution is 2.25. The Hall–Kier alpha value is -3.61. The summed E-state index contributed by atoms with van der Waals surface area (Å²) in [7, 11) is 0. The number of para-hydroxylation sites is 1. The summed E-state index contributed by atoms with van der Waals surface area (Å²) in [6.45, 7) is 1.71. The number of carbonyl (C=O) groups excluding carboxylic acids is 3. The maximum absolute atomic E-state index is 12.6. The third kappa shape index (κ3) is 2.41. The summed E-state index contributed by atoms with van der Waals surface area (Å²) < 4.78 is 0. The van der Waals surface area contributed by atoms with Crippen molar-refractivity contribution in [1.29, 1.82) is 0 Å². The van der Waals surface area contributed by atoms with Gasteiger partial charge in [-0.25, -0.2) is 0 Å². The van der Waals surface area contributed by atoms with E-state index in [-0.39, 0.29) is 5.91 Å². The first-order chi connectivity index (χ1) is 12.6. The van der Waals surface area contributed by atoms with Crippen molar-refractivity contribution in [2.75, 3.05) is 5.01 Å². The van der Waals surface area contributed by atoms with Gasteiger partial charge in [-0.1, -0.05) is 30.3 Å². The van der Waals surface area contributed by atoms with Gasteiger partial charge in [0.25, 0.3) is 17.7 Å². The number of rotatable bonds is 3. The second-order valence-electron chi connectivity index (χ2n) is 5.94. The van der Waals surface area contributed by atoms with Gasteiger partial charge in [0.1, 0.15) is 5.92 Å². The number of hydrogen-bond acceptors (Lipinski definition) is 5. The van der Waals surface area contributed by atoms with Crippen LogP contribution in [0.15, 0.2) is 64.8 Å². The Morgan fingerprint density at radius 1 is 0.923 bits per heavy atom. The van der Waals surface area contributed by atoms with Crippen LogP contribution >= 0.6 is 0 Å². The van der Waals surface area contributed by atoms with Crippen molar-refractivity contribution in [3.8, 4) is 0 Å². The Morgan fingerprint density at radius 2 is 1.50 bits per heavy atom. The highest BCUT2D eigenvalue weighted by atomic mass is 16.2. The first kappa shape index (κ1) is 15.9. The molecule has 2 heterocycles. The van der Waals surface area contributed by atoms with Crippen LogP contribution in [0.1, 0.15) is 27.6 Å². The molecule has 0 N–H and O–H groups in total. The van der Waals surface area contributed by atoms with Crippen LogP contribution < -0.4 is 5.01 Å². The number of hydrogen-bond donors (Lipinski definition) is 0. The lowest BCUT2D eigenvalue weighted by Crippen LogP contribution is -2.30. The quantitative estimate of drug-likeness (QED) is 0.632. The molecule has 7 heteroatoms. The summed E-state index contributed by atoms with van der Waals surface area (Å²) in [6.07, 6.45) is 1.30. The third-order valence-corrected chi connectivity index (χ3v) is 4.29. The molecule has 0 saturated heterocycles. The van der Waals surface area contributed by atoms with Crippen molar-refractivity contribution >= 4 is 35.3 Å². The molecule has 26 heavy (non-hydrogen) atoms. The van der Waals surface area contributed by atoms with Crippen molar-refractivity contribution in [2.24, 2.45) is 16.1 Å². The van der Waals surface area contributed by atoms with Gasteiger partial charge < -0.3 is 0 Å². The molecule has 128 valence electrons. The Kier molecular flexibility index (Phi) is 3.69. The van der Waals surface area contributed by atoms with Gasteiger partial charge in [0.2, 0.25) is 0 Å². The van der Waals surface area contributed by atoms with Crippen LogP contribution in [-0.2, 0) is 4.79 Å². The zero-order chi connectivity index (χ0) is 18.3. The second-order valence-corrected chi connectivity index (χ2v) is 5.94. The normalized spacial score (nSPS) is 19.5. The van der Waals surface area contributed by atoms with Crippen molar-refractivity contribution in [3.05, 3.63) is 65.7 Å². The summed E-state index contributed by atoms with van der Waals surface area (Å²) in [5.41, 5.74) is 1.81. The summed E-state index contributed by atoms with van der Waals surface area (Å²) in [5, 5.41) is 10.3. The van der Waals surface area contributed by atoms with E-state index in [2.05, 4.69) is 10.2 Å². The Morgan fingerprint density at radius 3 is 2.12 bits per heavy atom. The number of carbonyl (C=O) groups is 3. The van der Waals surface area contributed by atoms with Crippen LogP contribution in [0.25, 0.3) is 0 Å². The Balaban J connectivity index is 1.57. The first-order valence-corrected chi connectivity index (χ1v) is 8.04. The highest BCUT2D eigenvalue weighted by molar-refractivity contribution is 6.25. The molecule has 0 aliphatic carbocycles. The van der Waals surface area contributed by atoms with Crippen molar-refractivity contribution in [3.63, 3.8) is 0 Å². The molecule has 0 fully saturated rings. The molecular weight excluding hydrogens is 332 g/mol. The van der Waals surface area contributed by atoms with Gasteiger partial charge in [0, 0.05) is 6.21 Å².